The van der Waals surface area contributed by atoms with Crippen LogP contribution in [-0.2, 0) is 9.53 Å². The number of rotatable bonds is 7. The van der Waals surface area contributed by atoms with Gasteiger partial charge in [0.2, 0.25) is 5.91 Å². The van der Waals surface area contributed by atoms with Crippen molar-refractivity contribution >= 4 is 11.6 Å². The molecule has 5 heteroatoms. The Kier molecular flexibility index (Phi) is 6.21. The number of para-hydroxylation sites is 1. The molecule has 122 valence electrons. The maximum absolute atomic E-state index is 12.6. The van der Waals surface area contributed by atoms with Crippen LogP contribution in [0.2, 0.25) is 0 Å². The van der Waals surface area contributed by atoms with E-state index in [4.69, 9.17) is 4.74 Å². The highest BCUT2D eigenvalue weighted by molar-refractivity contribution is 5.83. The predicted octanol–water partition coefficient (Wildman–Crippen LogP) is 1.26. The fourth-order valence-electron chi connectivity index (χ4n) is 2.95. The molecule has 0 bridgehead atoms. The molecule has 1 heterocycles. The number of carbonyl (C=O) groups excluding carboxylic acids is 1. The van der Waals surface area contributed by atoms with E-state index in [9.17, 15) is 4.79 Å². The number of nitrogens with zero attached hydrogens (tertiary/aromatic N) is 1. The molecule has 1 aliphatic heterocycles. The molecule has 5 nitrogen and oxygen atoms in total. The Morgan fingerprint density at radius 2 is 2.00 bits per heavy atom. The third kappa shape index (κ3) is 4.21. The van der Waals surface area contributed by atoms with E-state index in [1.165, 1.54) is 0 Å². The third-order valence-corrected chi connectivity index (χ3v) is 4.39. The number of anilines is 1. The van der Waals surface area contributed by atoms with Crippen LogP contribution < -0.4 is 15.5 Å². The summed E-state index contributed by atoms with van der Waals surface area (Å²) in [6, 6.07) is 10.2. The predicted molar refractivity (Wildman–Crippen MR) is 89.1 cm³/mol. The van der Waals surface area contributed by atoms with E-state index in [2.05, 4.69) is 27.7 Å². The standard InChI is InChI=1S/C17H27N3O2/c1-20(15-6-4-3-5-7-15)13-12-19-16(21)17(14-22-2)8-10-18-11-9-17/h3-7,18H,8-14H2,1-2H3,(H,19,21). The van der Waals surface area contributed by atoms with Gasteiger partial charge in [0.15, 0.2) is 0 Å². The summed E-state index contributed by atoms with van der Waals surface area (Å²) in [7, 11) is 3.71. The van der Waals surface area contributed by atoms with Crippen molar-refractivity contribution in [1.82, 2.24) is 10.6 Å². The number of ether oxygens (including phenoxy) is 1. The van der Waals surface area contributed by atoms with Crippen LogP contribution in [0.15, 0.2) is 30.3 Å². The number of amides is 1. The average Bonchev–Trinajstić information content (AvgIpc) is 2.56. The first-order chi connectivity index (χ1) is 10.7. The molecular weight excluding hydrogens is 278 g/mol. The van der Waals surface area contributed by atoms with Gasteiger partial charge >= 0.3 is 0 Å². The van der Waals surface area contributed by atoms with Crippen LogP contribution in [0, 0.1) is 5.41 Å². The zero-order valence-electron chi connectivity index (χ0n) is 13.6. The minimum Gasteiger partial charge on any atom is -0.384 e. The van der Waals surface area contributed by atoms with Gasteiger partial charge in [-0.05, 0) is 38.1 Å². The topological polar surface area (TPSA) is 53.6 Å². The number of hydrogen-bond donors (Lipinski definition) is 2. The van der Waals surface area contributed by atoms with Crippen LogP contribution in [0.25, 0.3) is 0 Å². The molecule has 22 heavy (non-hydrogen) atoms. The molecule has 1 aromatic carbocycles. The maximum Gasteiger partial charge on any atom is 0.228 e. The van der Waals surface area contributed by atoms with Gasteiger partial charge in [0.25, 0.3) is 0 Å². The molecule has 0 unspecified atom stereocenters. The van der Waals surface area contributed by atoms with Gasteiger partial charge in [-0.1, -0.05) is 18.2 Å². The number of hydrogen-bond acceptors (Lipinski definition) is 4. The van der Waals surface area contributed by atoms with Gasteiger partial charge in [0, 0.05) is 32.9 Å². The van der Waals surface area contributed by atoms with Crippen molar-refractivity contribution in [2.45, 2.75) is 12.8 Å². The Labute approximate surface area is 133 Å². The second-order valence-corrected chi connectivity index (χ2v) is 5.98. The van der Waals surface area contributed by atoms with E-state index >= 15 is 0 Å². The van der Waals surface area contributed by atoms with Crippen molar-refractivity contribution < 1.29 is 9.53 Å². The summed E-state index contributed by atoms with van der Waals surface area (Å²) in [5, 5.41) is 6.40. The lowest BCUT2D eigenvalue weighted by atomic mass is 9.78. The van der Waals surface area contributed by atoms with Gasteiger partial charge in [-0.25, -0.2) is 0 Å². The number of methoxy groups -OCH3 is 1. The number of likely N-dealkylation sites (N-methyl/N-ethyl adjacent to an activating group) is 1. The molecule has 0 atom stereocenters. The van der Waals surface area contributed by atoms with E-state index < -0.39 is 0 Å². The molecule has 1 saturated heterocycles. The van der Waals surface area contributed by atoms with Gasteiger partial charge in [-0.15, -0.1) is 0 Å². The minimum absolute atomic E-state index is 0.123. The van der Waals surface area contributed by atoms with E-state index in [1.54, 1.807) is 7.11 Å². The molecule has 0 aromatic heterocycles. The third-order valence-electron chi connectivity index (χ3n) is 4.39. The monoisotopic (exact) mass is 305 g/mol. The van der Waals surface area contributed by atoms with Crippen LogP contribution in [0.4, 0.5) is 5.69 Å². The summed E-state index contributed by atoms with van der Waals surface area (Å²) in [6.45, 7) is 3.68. The van der Waals surface area contributed by atoms with Crippen molar-refractivity contribution in [2.75, 3.05) is 51.8 Å². The number of carbonyl (C=O) groups is 1. The molecular formula is C17H27N3O2. The van der Waals surface area contributed by atoms with Gasteiger partial charge in [0.05, 0.1) is 12.0 Å². The van der Waals surface area contributed by atoms with Gasteiger partial charge in [-0.2, -0.15) is 0 Å². The van der Waals surface area contributed by atoms with Crippen molar-refractivity contribution in [3.8, 4) is 0 Å². The molecule has 1 amide bonds. The first-order valence-corrected chi connectivity index (χ1v) is 7.92. The highest BCUT2D eigenvalue weighted by Gasteiger charge is 2.39. The van der Waals surface area contributed by atoms with E-state index in [1.807, 2.05) is 25.2 Å². The molecule has 2 rings (SSSR count). The summed E-state index contributed by atoms with van der Waals surface area (Å²) in [5.74, 6) is 0.123. The lowest BCUT2D eigenvalue weighted by molar-refractivity contribution is -0.136. The van der Waals surface area contributed by atoms with Gasteiger partial charge < -0.3 is 20.3 Å². The smallest absolute Gasteiger partial charge is 0.228 e. The summed E-state index contributed by atoms with van der Waals surface area (Å²) in [4.78, 5) is 14.7. The lowest BCUT2D eigenvalue weighted by Gasteiger charge is -2.35. The van der Waals surface area contributed by atoms with Crippen LogP contribution in [0.3, 0.4) is 0 Å². The minimum atomic E-state index is -0.370. The second kappa shape index (κ2) is 8.15. The molecule has 1 aliphatic rings. The number of piperidine rings is 1. The van der Waals surface area contributed by atoms with Crippen molar-refractivity contribution in [2.24, 2.45) is 5.41 Å². The zero-order valence-corrected chi connectivity index (χ0v) is 13.6. The molecule has 1 fully saturated rings. The Hall–Kier alpha value is -1.59. The first kappa shape index (κ1) is 16.8. The largest absolute Gasteiger partial charge is 0.384 e. The normalized spacial score (nSPS) is 17.0. The molecule has 0 aliphatic carbocycles. The first-order valence-electron chi connectivity index (χ1n) is 7.92. The fourth-order valence-corrected chi connectivity index (χ4v) is 2.95. The van der Waals surface area contributed by atoms with E-state index in [0.717, 1.165) is 38.2 Å². The average molecular weight is 305 g/mol. The Morgan fingerprint density at radius 1 is 1.32 bits per heavy atom. The zero-order chi connectivity index (χ0) is 15.8. The van der Waals surface area contributed by atoms with E-state index in [0.29, 0.717) is 13.2 Å². The molecule has 0 spiro atoms. The van der Waals surface area contributed by atoms with Crippen LogP contribution in [0.5, 0.6) is 0 Å². The second-order valence-electron chi connectivity index (χ2n) is 5.98. The van der Waals surface area contributed by atoms with Crippen LogP contribution in [0.1, 0.15) is 12.8 Å². The van der Waals surface area contributed by atoms with Crippen LogP contribution in [-0.4, -0.2) is 52.9 Å². The molecule has 0 radical (unpaired) electrons. The van der Waals surface area contributed by atoms with Gasteiger partial charge in [-0.3, -0.25) is 4.79 Å². The SMILES string of the molecule is COCC1(C(=O)NCCN(C)c2ccccc2)CCNCC1. The summed E-state index contributed by atoms with van der Waals surface area (Å²) in [6.07, 6.45) is 1.67. The maximum atomic E-state index is 12.6. The lowest BCUT2D eigenvalue weighted by Crippen LogP contribution is -2.51. The Bertz CT molecular complexity index is 453. The van der Waals surface area contributed by atoms with Crippen molar-refractivity contribution in [3.05, 3.63) is 30.3 Å². The number of nitrogens with one attached hydrogen (secondary N) is 2. The van der Waals surface area contributed by atoms with Gasteiger partial charge in [0.1, 0.15) is 0 Å². The molecule has 1 aromatic rings. The Morgan fingerprint density at radius 3 is 2.64 bits per heavy atom. The molecule has 2 N–H and O–H groups in total. The van der Waals surface area contributed by atoms with E-state index in [-0.39, 0.29) is 11.3 Å². The highest BCUT2D eigenvalue weighted by atomic mass is 16.5. The summed E-state index contributed by atoms with van der Waals surface area (Å²) in [5.41, 5.74) is 0.788. The van der Waals surface area contributed by atoms with Crippen molar-refractivity contribution in [3.63, 3.8) is 0 Å². The Balaban J connectivity index is 1.83. The fraction of sp³-hybridized carbons (Fsp3) is 0.588. The number of benzene rings is 1. The van der Waals surface area contributed by atoms with Crippen molar-refractivity contribution in [1.29, 1.82) is 0 Å². The molecule has 0 saturated carbocycles. The highest BCUT2D eigenvalue weighted by Crippen LogP contribution is 2.29. The summed E-state index contributed by atoms with van der Waals surface area (Å²) >= 11 is 0. The summed E-state index contributed by atoms with van der Waals surface area (Å²) < 4.78 is 5.30. The quantitative estimate of drug-likeness (QED) is 0.796. The van der Waals surface area contributed by atoms with Crippen LogP contribution >= 0.6 is 0 Å².